The number of aromatic nitrogens is 2. The Hall–Kier alpha value is -2.09. The first kappa shape index (κ1) is 23.2. The zero-order valence-corrected chi connectivity index (χ0v) is 16.4. The van der Waals surface area contributed by atoms with Gasteiger partial charge in [0.1, 0.15) is 29.5 Å². The molecule has 1 aromatic heterocycles. The maximum atomic E-state index is 12.7. The van der Waals surface area contributed by atoms with Gasteiger partial charge in [0, 0.05) is 7.05 Å². The molecule has 1 aliphatic rings. The summed E-state index contributed by atoms with van der Waals surface area (Å²) >= 11 is 0. The van der Waals surface area contributed by atoms with Crippen LogP contribution in [0.4, 0.5) is 0 Å². The van der Waals surface area contributed by atoms with Crippen LogP contribution in [0.15, 0.2) is 9.59 Å². The van der Waals surface area contributed by atoms with Gasteiger partial charge in [-0.05, 0) is 12.8 Å². The van der Waals surface area contributed by atoms with Crippen LogP contribution in [0.25, 0.3) is 0 Å². The Balaban J connectivity index is 2.75. The Bertz CT molecular complexity index is 850. The molecule has 4 atom stereocenters. The molecule has 2 heterocycles. The third-order valence-corrected chi connectivity index (χ3v) is 5.00. The number of hydrogen-bond acceptors (Lipinski definition) is 9. The molecule has 164 valence electrons. The van der Waals surface area contributed by atoms with E-state index in [2.05, 4.69) is 5.32 Å². The number of aliphatic hydroxyl groups excluding tert-OH is 3. The Kier molecular flexibility index (Phi) is 7.32. The summed E-state index contributed by atoms with van der Waals surface area (Å²) in [6.45, 7) is 1.34. The van der Waals surface area contributed by atoms with Crippen molar-refractivity contribution in [3.63, 3.8) is 0 Å². The molecule has 1 aliphatic heterocycles. The lowest BCUT2D eigenvalue weighted by Crippen LogP contribution is -2.55. The van der Waals surface area contributed by atoms with E-state index in [1.807, 2.05) is 11.9 Å². The molecule has 1 amide bonds. The third kappa shape index (κ3) is 4.42. The summed E-state index contributed by atoms with van der Waals surface area (Å²) in [4.78, 5) is 39.5. The van der Waals surface area contributed by atoms with E-state index in [1.54, 1.807) is 0 Å². The normalized spacial score (nSPS) is 24.7. The van der Waals surface area contributed by atoms with Crippen LogP contribution in [-0.4, -0.2) is 62.7 Å². The van der Waals surface area contributed by atoms with Crippen LogP contribution in [0.1, 0.15) is 54.9 Å². The molecule has 0 spiro atoms. The summed E-state index contributed by atoms with van der Waals surface area (Å²) < 4.78 is 6.20. The molecule has 0 aliphatic carbocycles. The fourth-order valence-corrected chi connectivity index (χ4v) is 3.46. The van der Waals surface area contributed by atoms with E-state index in [0.29, 0.717) is 6.42 Å². The number of H-pyrrole nitrogens is 1. The van der Waals surface area contributed by atoms with Crippen molar-refractivity contribution in [3.05, 3.63) is 32.1 Å². The average Bonchev–Trinajstić information content (AvgIpc) is 2.95. The van der Waals surface area contributed by atoms with Crippen LogP contribution in [0.5, 0.6) is 0 Å². The molecule has 29 heavy (non-hydrogen) atoms. The summed E-state index contributed by atoms with van der Waals surface area (Å²) in [5.41, 5.74) is 7.89. The lowest BCUT2D eigenvalue weighted by Gasteiger charge is -2.32. The smallest absolute Gasteiger partial charge is 0.330 e. The number of unbranched alkanes of at least 4 members (excludes halogenated alkanes) is 2. The van der Waals surface area contributed by atoms with Gasteiger partial charge < -0.3 is 36.8 Å². The van der Waals surface area contributed by atoms with Gasteiger partial charge in [-0.15, -0.1) is 0 Å². The highest BCUT2D eigenvalue weighted by Gasteiger charge is 2.46. The average molecular weight is 415 g/mol. The predicted molar refractivity (Wildman–Crippen MR) is 102 cm³/mol. The van der Waals surface area contributed by atoms with Gasteiger partial charge in [0.05, 0.1) is 12.3 Å². The van der Waals surface area contributed by atoms with Crippen molar-refractivity contribution in [2.45, 2.75) is 62.8 Å². The number of carbonyl (C=O) groups is 1. The third-order valence-electron chi connectivity index (χ3n) is 5.00. The van der Waals surface area contributed by atoms with Crippen molar-refractivity contribution in [3.8, 4) is 0 Å². The molecule has 0 aromatic carbocycles. The number of rotatable bonds is 8. The number of aromatic amines is 1. The Morgan fingerprint density at radius 2 is 1.93 bits per heavy atom. The summed E-state index contributed by atoms with van der Waals surface area (Å²) in [7, 11) is 1.29. The maximum absolute atomic E-state index is 12.7. The number of nitrogens with two attached hydrogens (primary N) is 2. The zero-order chi connectivity index (χ0) is 21.9. The molecular weight excluding hydrogens is 386 g/mol. The van der Waals surface area contributed by atoms with Crippen LogP contribution in [0.3, 0.4) is 0 Å². The highest BCUT2D eigenvalue weighted by molar-refractivity contribution is 5.95. The van der Waals surface area contributed by atoms with E-state index in [4.69, 9.17) is 16.2 Å². The quantitative estimate of drug-likeness (QED) is 0.172. The van der Waals surface area contributed by atoms with Gasteiger partial charge in [-0.2, -0.15) is 0 Å². The van der Waals surface area contributed by atoms with Gasteiger partial charge in [0.15, 0.2) is 6.23 Å². The number of hydrogen-bond donors (Lipinski definition) is 7. The molecule has 1 fully saturated rings. The van der Waals surface area contributed by atoms with Gasteiger partial charge >= 0.3 is 5.69 Å². The van der Waals surface area contributed by atoms with Crippen LogP contribution in [0, 0.1) is 0 Å². The van der Waals surface area contributed by atoms with Crippen molar-refractivity contribution in [2.75, 3.05) is 13.7 Å². The van der Waals surface area contributed by atoms with Gasteiger partial charge in [-0.25, -0.2) is 4.79 Å². The molecule has 2 rings (SSSR count). The maximum Gasteiger partial charge on any atom is 0.330 e. The van der Waals surface area contributed by atoms with Gasteiger partial charge in [0.2, 0.25) is 0 Å². The number of amides is 1. The lowest BCUT2D eigenvalue weighted by atomic mass is 9.95. The van der Waals surface area contributed by atoms with E-state index in [1.165, 1.54) is 7.05 Å². The Morgan fingerprint density at radius 3 is 2.45 bits per heavy atom. The second-order valence-corrected chi connectivity index (χ2v) is 7.16. The predicted octanol–water partition coefficient (Wildman–Crippen LogP) is -2.84. The minimum Gasteiger partial charge on any atom is -0.394 e. The number of carbonyl (C=O) groups excluding carboxylic acids is 1. The van der Waals surface area contributed by atoms with Crippen LogP contribution < -0.4 is 28.0 Å². The van der Waals surface area contributed by atoms with Crippen molar-refractivity contribution in [1.29, 1.82) is 0 Å². The van der Waals surface area contributed by atoms with Gasteiger partial charge in [-0.1, -0.05) is 19.8 Å². The van der Waals surface area contributed by atoms with Crippen molar-refractivity contribution >= 4 is 5.91 Å². The van der Waals surface area contributed by atoms with Crippen LogP contribution in [-0.2, 0) is 10.4 Å². The second kappa shape index (κ2) is 9.15. The molecule has 12 heteroatoms. The zero-order valence-electron chi connectivity index (χ0n) is 16.4. The fourth-order valence-electron chi connectivity index (χ4n) is 3.46. The van der Waals surface area contributed by atoms with Gasteiger partial charge in [-0.3, -0.25) is 19.1 Å². The molecule has 12 nitrogen and oxygen atoms in total. The summed E-state index contributed by atoms with van der Waals surface area (Å²) in [5.74, 6) is -0.836. The molecule has 1 saturated heterocycles. The first-order valence-electron chi connectivity index (χ1n) is 9.42. The monoisotopic (exact) mass is 415 g/mol. The first-order chi connectivity index (χ1) is 13.6. The number of nitrogens with zero attached hydrogens (tertiary/aromatic N) is 1. The largest absolute Gasteiger partial charge is 0.394 e. The SMILES string of the molecule is CCCCCC(N)(N)c1c(C(=O)NC)c(=O)[nH]c(=O)n1[C@@H]1O[C@H](CO)[C@@H](O)[C@H]1O. The second-order valence-electron chi connectivity index (χ2n) is 7.16. The van der Waals surface area contributed by atoms with Crippen LogP contribution in [0.2, 0.25) is 0 Å². The first-order valence-corrected chi connectivity index (χ1v) is 9.42. The fraction of sp³-hybridized carbons (Fsp3) is 0.706. The van der Waals surface area contributed by atoms with Crippen molar-refractivity contribution in [2.24, 2.45) is 11.5 Å². The van der Waals surface area contributed by atoms with E-state index in [-0.39, 0.29) is 12.1 Å². The molecule has 0 saturated carbocycles. The van der Waals surface area contributed by atoms with E-state index in [9.17, 15) is 29.7 Å². The standard InChI is InChI=1S/C17H29N5O7/c1-3-4-5-6-17(18,19)12-9(13(26)20-2)14(27)21-16(28)22(12)15-11(25)10(24)8(7-23)29-15/h8,10-11,15,23-25H,3-7,18-19H2,1-2H3,(H,20,26)(H,21,27,28)/t8-,10-,11-,15-/m1/s1. The molecule has 0 unspecified atom stereocenters. The molecular formula is C17H29N5O7. The van der Waals surface area contributed by atoms with E-state index >= 15 is 0 Å². The Morgan fingerprint density at radius 1 is 1.28 bits per heavy atom. The summed E-state index contributed by atoms with van der Waals surface area (Å²) in [6, 6.07) is 0. The molecule has 0 bridgehead atoms. The topological polar surface area (TPSA) is 206 Å². The highest BCUT2D eigenvalue weighted by Crippen LogP contribution is 2.32. The van der Waals surface area contributed by atoms with E-state index < -0.39 is 59.5 Å². The summed E-state index contributed by atoms with van der Waals surface area (Å²) in [5, 5.41) is 32.1. The van der Waals surface area contributed by atoms with Gasteiger partial charge in [0.25, 0.3) is 11.5 Å². The highest BCUT2D eigenvalue weighted by atomic mass is 16.6. The minimum atomic E-state index is -1.80. The van der Waals surface area contributed by atoms with Crippen molar-refractivity contribution < 1.29 is 24.9 Å². The molecule has 1 aromatic rings. The number of nitrogens with one attached hydrogen (secondary N) is 2. The van der Waals surface area contributed by atoms with Crippen molar-refractivity contribution in [1.82, 2.24) is 14.9 Å². The molecule has 9 N–H and O–H groups in total. The Labute approximate surface area is 166 Å². The molecule has 0 radical (unpaired) electrons. The lowest BCUT2D eigenvalue weighted by molar-refractivity contribution is -0.0578. The number of ether oxygens (including phenoxy) is 1. The van der Waals surface area contributed by atoms with E-state index in [0.717, 1.165) is 17.4 Å². The minimum absolute atomic E-state index is 0.128. The summed E-state index contributed by atoms with van der Waals surface area (Å²) in [6.07, 6.45) is -3.56. The van der Waals surface area contributed by atoms with Crippen LogP contribution >= 0.6 is 0 Å². The number of aliphatic hydroxyl groups is 3.